The molecule has 0 spiro atoms. The summed E-state index contributed by atoms with van der Waals surface area (Å²) in [6, 6.07) is 0. The van der Waals surface area contributed by atoms with Crippen LogP contribution < -0.4 is 0 Å². The predicted molar refractivity (Wildman–Crippen MR) is 348 cm³/mol. The fourth-order valence-corrected chi connectivity index (χ4v) is 9.20. The summed E-state index contributed by atoms with van der Waals surface area (Å²) in [4.78, 5) is 38.3. The van der Waals surface area contributed by atoms with E-state index in [2.05, 4.69) is 130 Å². The molecule has 1 unspecified atom stereocenters. The lowest BCUT2D eigenvalue weighted by molar-refractivity contribution is -0.166. The van der Waals surface area contributed by atoms with Crippen LogP contribution in [0, 0.1) is 0 Å². The Morgan fingerprint density at radius 2 is 0.537 bits per heavy atom. The maximum atomic E-state index is 12.9. The molecule has 0 aliphatic rings. The molecule has 0 heterocycles. The first kappa shape index (κ1) is 75.8. The zero-order valence-electron chi connectivity index (χ0n) is 52.3. The van der Waals surface area contributed by atoms with E-state index in [-0.39, 0.29) is 31.6 Å². The number of carbonyl (C=O) groups excluding carboxylic acids is 3. The number of hydrogen-bond acceptors (Lipinski definition) is 6. The van der Waals surface area contributed by atoms with Crippen molar-refractivity contribution in [3.63, 3.8) is 0 Å². The summed E-state index contributed by atoms with van der Waals surface area (Å²) in [6.45, 7) is 6.42. The Hall–Kier alpha value is -4.19. The van der Waals surface area contributed by atoms with E-state index in [4.69, 9.17) is 14.2 Å². The second kappa shape index (κ2) is 67.3. The zero-order chi connectivity index (χ0) is 57.8. The van der Waals surface area contributed by atoms with E-state index in [1.165, 1.54) is 173 Å². The number of hydrogen-bond donors (Lipinski definition) is 0. The van der Waals surface area contributed by atoms with E-state index >= 15 is 0 Å². The molecule has 0 aliphatic carbocycles. The van der Waals surface area contributed by atoms with E-state index in [0.29, 0.717) is 12.8 Å². The Morgan fingerprint density at radius 3 is 0.887 bits per heavy atom. The van der Waals surface area contributed by atoms with Crippen LogP contribution in [0.5, 0.6) is 0 Å². The van der Waals surface area contributed by atoms with Crippen LogP contribution in [0.15, 0.2) is 122 Å². The minimum Gasteiger partial charge on any atom is -0.462 e. The summed E-state index contributed by atoms with van der Waals surface area (Å²) in [5, 5.41) is 0. The first-order valence-corrected chi connectivity index (χ1v) is 33.5. The largest absolute Gasteiger partial charge is 0.462 e. The molecule has 0 saturated heterocycles. The van der Waals surface area contributed by atoms with Gasteiger partial charge in [-0.25, -0.2) is 0 Å². The zero-order valence-corrected chi connectivity index (χ0v) is 52.3. The molecule has 0 saturated carbocycles. The summed E-state index contributed by atoms with van der Waals surface area (Å²) in [6.07, 6.45) is 93.8. The van der Waals surface area contributed by atoms with Gasteiger partial charge < -0.3 is 14.2 Å². The summed E-state index contributed by atoms with van der Waals surface area (Å²) in [7, 11) is 0. The van der Waals surface area contributed by atoms with Gasteiger partial charge in [0.25, 0.3) is 0 Å². The molecule has 0 radical (unpaired) electrons. The Bertz CT molecular complexity index is 1650. The van der Waals surface area contributed by atoms with Gasteiger partial charge in [-0.1, -0.05) is 296 Å². The number of esters is 3. The highest BCUT2D eigenvalue weighted by Crippen LogP contribution is 2.16. The van der Waals surface area contributed by atoms with Gasteiger partial charge >= 0.3 is 17.9 Å². The van der Waals surface area contributed by atoms with Crippen molar-refractivity contribution >= 4 is 17.9 Å². The molecule has 0 N–H and O–H groups in total. The number of carbonyl (C=O) groups is 3. The third kappa shape index (κ3) is 64.6. The molecular formula is C74H124O6. The molecule has 6 heteroatoms. The lowest BCUT2D eigenvalue weighted by atomic mass is 10.0. The van der Waals surface area contributed by atoms with Gasteiger partial charge in [-0.05, 0) is 116 Å². The lowest BCUT2D eigenvalue weighted by Gasteiger charge is -2.18. The Labute approximate surface area is 494 Å². The maximum absolute atomic E-state index is 12.9. The number of rotatable bonds is 60. The molecule has 0 fully saturated rings. The summed E-state index contributed by atoms with van der Waals surface area (Å²) >= 11 is 0. The van der Waals surface area contributed by atoms with Crippen molar-refractivity contribution in [1.82, 2.24) is 0 Å². The molecule has 1 atom stereocenters. The van der Waals surface area contributed by atoms with Crippen molar-refractivity contribution in [2.24, 2.45) is 0 Å². The van der Waals surface area contributed by atoms with Gasteiger partial charge in [0.05, 0.1) is 6.42 Å². The van der Waals surface area contributed by atoms with Gasteiger partial charge in [-0.2, -0.15) is 0 Å². The van der Waals surface area contributed by atoms with Crippen molar-refractivity contribution in [3.8, 4) is 0 Å². The second-order valence-electron chi connectivity index (χ2n) is 22.0. The monoisotopic (exact) mass is 1110 g/mol. The highest BCUT2D eigenvalue weighted by Gasteiger charge is 2.19. The molecule has 0 amide bonds. The summed E-state index contributed by atoms with van der Waals surface area (Å²) in [5.74, 6) is -1.05. The van der Waals surface area contributed by atoms with Crippen molar-refractivity contribution in [3.05, 3.63) is 122 Å². The van der Waals surface area contributed by atoms with Crippen LogP contribution in [0.4, 0.5) is 0 Å². The van der Waals surface area contributed by atoms with E-state index in [1.54, 1.807) is 6.08 Å². The Kier molecular flexibility index (Phi) is 63.8. The number of ether oxygens (including phenoxy) is 3. The predicted octanol–water partition coefficient (Wildman–Crippen LogP) is 23.2. The van der Waals surface area contributed by atoms with Gasteiger partial charge in [0.1, 0.15) is 13.2 Å². The molecule has 6 nitrogen and oxygen atoms in total. The molecular weight excluding hydrogens is 985 g/mol. The smallest absolute Gasteiger partial charge is 0.309 e. The minimum atomic E-state index is -0.827. The van der Waals surface area contributed by atoms with Crippen LogP contribution in [0.3, 0.4) is 0 Å². The van der Waals surface area contributed by atoms with Gasteiger partial charge in [0, 0.05) is 12.8 Å². The highest BCUT2D eigenvalue weighted by molar-refractivity contribution is 5.72. The van der Waals surface area contributed by atoms with Crippen molar-refractivity contribution in [2.45, 2.75) is 316 Å². The molecule has 0 aromatic rings. The average molecular weight is 1110 g/mol. The van der Waals surface area contributed by atoms with Gasteiger partial charge in [-0.15, -0.1) is 0 Å². The number of unbranched alkanes of at least 4 members (excludes halogenated alkanes) is 30. The van der Waals surface area contributed by atoms with Crippen molar-refractivity contribution in [1.29, 1.82) is 0 Å². The van der Waals surface area contributed by atoms with E-state index < -0.39 is 12.1 Å². The second-order valence-corrected chi connectivity index (χ2v) is 22.0. The fraction of sp³-hybridized carbons (Fsp3) is 0.689. The van der Waals surface area contributed by atoms with Gasteiger partial charge in [0.15, 0.2) is 6.10 Å². The number of allylic oxidation sites excluding steroid dienone is 19. The first-order chi connectivity index (χ1) is 39.5. The van der Waals surface area contributed by atoms with Crippen LogP contribution in [-0.2, 0) is 28.6 Å². The SMILES string of the molecule is CC/C=C\C/C=C\C/C=C\C/C=C\C/C=C\CC(=O)OCC(COC(=O)CCCCCCCCCCCCCCCC/C=C\C/C=C\C/C=C\CCCCCCC)OC(=O)CCCCCCCCC/C=C\C/C=C\CCCCCC. The molecule has 0 rings (SSSR count). The van der Waals surface area contributed by atoms with E-state index in [0.717, 1.165) is 96.3 Å². The van der Waals surface area contributed by atoms with E-state index in [9.17, 15) is 14.4 Å². The normalized spacial score (nSPS) is 12.9. The van der Waals surface area contributed by atoms with Crippen LogP contribution >= 0.6 is 0 Å². The molecule has 80 heavy (non-hydrogen) atoms. The lowest BCUT2D eigenvalue weighted by Crippen LogP contribution is -2.30. The molecule has 0 aliphatic heterocycles. The van der Waals surface area contributed by atoms with Gasteiger partial charge in [0.2, 0.25) is 0 Å². The standard InChI is InChI=1S/C74H124O6/c1-4-7-10-13-16-19-22-25-28-30-32-33-34-35-36-37-38-39-40-41-42-44-46-49-52-55-58-61-64-67-73(76)79-70-71(69-78-72(75)66-63-60-57-54-51-48-45-27-24-21-18-15-12-9-6-3)80-74(77)68-65-62-59-56-53-50-47-43-31-29-26-23-20-17-14-11-8-5-2/h9,12,18,20-23,25,27,29-32,34-35,45,51,54,60,63,71H,4-8,10-11,13-17,19,24,26,28,33,36-44,46-50,52-53,55-59,61-62,64-70H2,1-3H3/b12-9-,21-18-,23-20-,25-22-,31-29-,32-30-,35-34-,45-27-,54-51-,63-60-. The minimum absolute atomic E-state index is 0.113. The molecule has 0 bridgehead atoms. The quantitative estimate of drug-likeness (QED) is 0.0261. The van der Waals surface area contributed by atoms with Gasteiger partial charge in [-0.3, -0.25) is 14.4 Å². The molecule has 456 valence electrons. The summed E-state index contributed by atoms with van der Waals surface area (Å²) < 4.78 is 16.8. The third-order valence-corrected chi connectivity index (χ3v) is 14.2. The fourth-order valence-electron chi connectivity index (χ4n) is 9.20. The van der Waals surface area contributed by atoms with Crippen LogP contribution in [-0.4, -0.2) is 37.2 Å². The third-order valence-electron chi connectivity index (χ3n) is 14.2. The molecule has 0 aromatic carbocycles. The maximum Gasteiger partial charge on any atom is 0.309 e. The van der Waals surface area contributed by atoms with Crippen LogP contribution in [0.2, 0.25) is 0 Å². The van der Waals surface area contributed by atoms with Crippen LogP contribution in [0.25, 0.3) is 0 Å². The first-order valence-electron chi connectivity index (χ1n) is 33.5. The Morgan fingerprint density at radius 1 is 0.275 bits per heavy atom. The van der Waals surface area contributed by atoms with Crippen LogP contribution in [0.1, 0.15) is 310 Å². The van der Waals surface area contributed by atoms with Crippen molar-refractivity contribution in [2.75, 3.05) is 13.2 Å². The van der Waals surface area contributed by atoms with Crippen molar-refractivity contribution < 1.29 is 28.6 Å². The molecule has 0 aromatic heterocycles. The topological polar surface area (TPSA) is 78.9 Å². The summed E-state index contributed by atoms with van der Waals surface area (Å²) in [5.41, 5.74) is 0. The van der Waals surface area contributed by atoms with E-state index in [1.807, 2.05) is 6.08 Å². The average Bonchev–Trinajstić information content (AvgIpc) is 3.46. The Balaban J connectivity index is 4.35. The highest BCUT2D eigenvalue weighted by atomic mass is 16.6.